The minimum Gasteiger partial charge on any atom is -0.482 e. The molecule has 8 heteroatoms. The van der Waals surface area contributed by atoms with Gasteiger partial charge < -0.3 is 15.4 Å². The van der Waals surface area contributed by atoms with Crippen LogP contribution in [0.1, 0.15) is 0 Å². The summed E-state index contributed by atoms with van der Waals surface area (Å²) in [5.74, 6) is 1.94. The number of thioether (sulfide) groups is 1. The van der Waals surface area contributed by atoms with Gasteiger partial charge in [-0.05, 0) is 12.1 Å². The first-order valence-corrected chi connectivity index (χ1v) is 7.06. The van der Waals surface area contributed by atoms with Crippen LogP contribution in [0, 0.1) is 0 Å². The van der Waals surface area contributed by atoms with Gasteiger partial charge in [0, 0.05) is 23.4 Å². The third-order valence-electron chi connectivity index (χ3n) is 2.91. The van der Waals surface area contributed by atoms with Crippen LogP contribution in [0.3, 0.4) is 0 Å². The standard InChI is InChI=1S/C12H13N3O3S.ClH/c16-11-4-18-10-3-7(1-2-8(10)15-11)14-12(17)9-5-19-6-13-9;/h1-3,9,13H,4-6H2,(H,14,17)(H,15,16);1H. The summed E-state index contributed by atoms with van der Waals surface area (Å²) in [4.78, 5) is 23.1. The van der Waals surface area contributed by atoms with Gasteiger partial charge in [0.25, 0.3) is 5.91 Å². The molecule has 2 heterocycles. The topological polar surface area (TPSA) is 79.5 Å². The Kier molecular flexibility index (Phi) is 4.74. The number of rotatable bonds is 2. The third-order valence-corrected chi connectivity index (χ3v) is 3.85. The van der Waals surface area contributed by atoms with Crippen LogP contribution in [0.5, 0.6) is 5.75 Å². The maximum atomic E-state index is 11.9. The SMILES string of the molecule is Cl.O=C1COc2cc(NC(=O)C3CSCN3)ccc2N1. The van der Waals surface area contributed by atoms with Gasteiger partial charge in [-0.3, -0.25) is 14.9 Å². The zero-order valence-electron chi connectivity index (χ0n) is 10.5. The average molecular weight is 316 g/mol. The van der Waals surface area contributed by atoms with Crippen molar-refractivity contribution in [1.82, 2.24) is 5.32 Å². The molecule has 0 aliphatic carbocycles. The monoisotopic (exact) mass is 315 g/mol. The Morgan fingerprint density at radius 2 is 2.30 bits per heavy atom. The quantitative estimate of drug-likeness (QED) is 0.760. The van der Waals surface area contributed by atoms with Gasteiger partial charge in [-0.15, -0.1) is 24.2 Å². The largest absolute Gasteiger partial charge is 0.482 e. The van der Waals surface area contributed by atoms with Crippen LogP contribution < -0.4 is 20.7 Å². The molecule has 0 radical (unpaired) electrons. The van der Waals surface area contributed by atoms with Crippen LogP contribution in [0.4, 0.5) is 11.4 Å². The van der Waals surface area contributed by atoms with Crippen molar-refractivity contribution in [2.24, 2.45) is 0 Å². The number of anilines is 2. The molecule has 2 aliphatic heterocycles. The Bertz CT molecular complexity index is 535. The minimum absolute atomic E-state index is 0. The molecule has 1 atom stereocenters. The Labute approximate surface area is 126 Å². The Balaban J connectivity index is 0.00000147. The fourth-order valence-electron chi connectivity index (χ4n) is 1.95. The number of nitrogens with one attached hydrogen (secondary N) is 3. The summed E-state index contributed by atoms with van der Waals surface area (Å²) in [5, 5.41) is 8.65. The number of amides is 2. The first-order valence-electron chi connectivity index (χ1n) is 5.91. The predicted molar refractivity (Wildman–Crippen MR) is 80.7 cm³/mol. The lowest BCUT2D eigenvalue weighted by molar-refractivity contribution is -0.119. The molecular formula is C12H14ClN3O3S. The molecule has 3 rings (SSSR count). The Morgan fingerprint density at radius 3 is 3.05 bits per heavy atom. The van der Waals surface area contributed by atoms with Gasteiger partial charge in [-0.25, -0.2) is 0 Å². The lowest BCUT2D eigenvalue weighted by Crippen LogP contribution is -2.37. The molecule has 2 amide bonds. The van der Waals surface area contributed by atoms with E-state index in [1.165, 1.54) is 0 Å². The van der Waals surface area contributed by atoms with Crippen LogP contribution >= 0.6 is 24.2 Å². The van der Waals surface area contributed by atoms with Crippen LogP contribution in [-0.2, 0) is 9.59 Å². The fourth-order valence-corrected chi connectivity index (χ4v) is 2.89. The Morgan fingerprint density at radius 1 is 1.45 bits per heavy atom. The van der Waals surface area contributed by atoms with E-state index in [-0.39, 0.29) is 36.9 Å². The van der Waals surface area contributed by atoms with Crippen LogP contribution in [0.2, 0.25) is 0 Å². The summed E-state index contributed by atoms with van der Waals surface area (Å²) < 4.78 is 5.30. The average Bonchev–Trinajstić information content (AvgIpc) is 2.93. The first-order chi connectivity index (χ1) is 9.22. The number of halogens is 1. The van der Waals surface area contributed by atoms with E-state index in [4.69, 9.17) is 4.74 Å². The van der Waals surface area contributed by atoms with Gasteiger partial charge >= 0.3 is 0 Å². The van der Waals surface area contributed by atoms with E-state index >= 15 is 0 Å². The van der Waals surface area contributed by atoms with Crippen molar-refractivity contribution in [1.29, 1.82) is 0 Å². The van der Waals surface area contributed by atoms with E-state index in [0.29, 0.717) is 17.1 Å². The van der Waals surface area contributed by atoms with Crippen molar-refractivity contribution in [3.8, 4) is 5.75 Å². The second kappa shape index (κ2) is 6.34. The highest BCUT2D eigenvalue weighted by Crippen LogP contribution is 2.30. The summed E-state index contributed by atoms with van der Waals surface area (Å²) in [6, 6.07) is 5.03. The van der Waals surface area contributed by atoms with E-state index < -0.39 is 0 Å². The molecule has 1 saturated heterocycles. The zero-order chi connectivity index (χ0) is 13.2. The molecule has 1 aromatic carbocycles. The van der Waals surface area contributed by atoms with Crippen LogP contribution in [-0.4, -0.2) is 36.1 Å². The van der Waals surface area contributed by atoms with Gasteiger partial charge in [-0.2, -0.15) is 0 Å². The number of benzene rings is 1. The molecule has 2 aliphatic rings. The van der Waals surface area contributed by atoms with Crippen molar-refractivity contribution in [3.63, 3.8) is 0 Å². The van der Waals surface area contributed by atoms with Crippen molar-refractivity contribution in [3.05, 3.63) is 18.2 Å². The van der Waals surface area contributed by atoms with Gasteiger partial charge in [0.05, 0.1) is 11.7 Å². The maximum absolute atomic E-state index is 11.9. The smallest absolute Gasteiger partial charge is 0.262 e. The normalized spacial score (nSPS) is 20.2. The molecule has 1 unspecified atom stereocenters. The molecule has 6 nitrogen and oxygen atoms in total. The zero-order valence-corrected chi connectivity index (χ0v) is 12.1. The van der Waals surface area contributed by atoms with E-state index in [2.05, 4.69) is 16.0 Å². The summed E-state index contributed by atoms with van der Waals surface area (Å²) >= 11 is 1.70. The second-order valence-corrected chi connectivity index (χ2v) is 5.34. The second-order valence-electron chi connectivity index (χ2n) is 4.31. The molecule has 20 heavy (non-hydrogen) atoms. The highest BCUT2D eigenvalue weighted by molar-refractivity contribution is 7.99. The van der Waals surface area contributed by atoms with Crippen molar-refractivity contribution in [2.45, 2.75) is 6.04 Å². The fraction of sp³-hybridized carbons (Fsp3) is 0.333. The van der Waals surface area contributed by atoms with Crippen LogP contribution in [0.15, 0.2) is 18.2 Å². The predicted octanol–water partition coefficient (Wildman–Crippen LogP) is 1.04. The number of fused-ring (bicyclic) bond motifs is 1. The van der Waals surface area contributed by atoms with Gasteiger partial charge in [0.2, 0.25) is 5.91 Å². The van der Waals surface area contributed by atoms with E-state index in [9.17, 15) is 9.59 Å². The highest BCUT2D eigenvalue weighted by atomic mass is 35.5. The molecule has 108 valence electrons. The molecule has 0 aromatic heterocycles. The van der Waals surface area contributed by atoms with Crippen molar-refractivity contribution in [2.75, 3.05) is 28.9 Å². The molecule has 0 saturated carbocycles. The third kappa shape index (κ3) is 3.17. The van der Waals surface area contributed by atoms with Crippen LogP contribution in [0.25, 0.3) is 0 Å². The molecule has 3 N–H and O–H groups in total. The van der Waals surface area contributed by atoms with Crippen molar-refractivity contribution < 1.29 is 14.3 Å². The summed E-state index contributed by atoms with van der Waals surface area (Å²) in [6.45, 7) is 0.00518. The number of hydrogen-bond donors (Lipinski definition) is 3. The maximum Gasteiger partial charge on any atom is 0.262 e. The molecule has 0 bridgehead atoms. The Hall–Kier alpha value is -1.44. The van der Waals surface area contributed by atoms with E-state index in [1.54, 1.807) is 30.0 Å². The summed E-state index contributed by atoms with van der Waals surface area (Å²) in [6.07, 6.45) is 0. The van der Waals surface area contributed by atoms with Gasteiger partial charge in [-0.1, -0.05) is 0 Å². The van der Waals surface area contributed by atoms with Gasteiger partial charge in [0.15, 0.2) is 6.61 Å². The summed E-state index contributed by atoms with van der Waals surface area (Å²) in [5.41, 5.74) is 1.29. The molecular weight excluding hydrogens is 302 g/mol. The molecule has 0 spiro atoms. The highest BCUT2D eigenvalue weighted by Gasteiger charge is 2.23. The first kappa shape index (κ1) is 15.0. The lowest BCUT2D eigenvalue weighted by Gasteiger charge is -2.19. The number of carbonyl (C=O) groups excluding carboxylic acids is 2. The summed E-state index contributed by atoms with van der Waals surface area (Å²) in [7, 11) is 0. The van der Waals surface area contributed by atoms with E-state index in [1.807, 2.05) is 0 Å². The van der Waals surface area contributed by atoms with E-state index in [0.717, 1.165) is 11.6 Å². The minimum atomic E-state index is -0.170. The number of carbonyl (C=O) groups is 2. The van der Waals surface area contributed by atoms with Crippen molar-refractivity contribution >= 4 is 47.4 Å². The molecule has 1 fully saturated rings. The molecule has 1 aromatic rings. The number of hydrogen-bond acceptors (Lipinski definition) is 5. The lowest BCUT2D eigenvalue weighted by atomic mass is 10.2. The van der Waals surface area contributed by atoms with Gasteiger partial charge in [0.1, 0.15) is 5.75 Å². The number of ether oxygens (including phenoxy) is 1.